The van der Waals surface area contributed by atoms with Gasteiger partial charge in [0.25, 0.3) is 10.1 Å². The average Bonchev–Trinajstić information content (AvgIpc) is 3.08. The smallest absolute Gasteiger partial charge is 0.296 e. The lowest BCUT2D eigenvalue weighted by molar-refractivity contribution is 0.472. The van der Waals surface area contributed by atoms with Gasteiger partial charge in [-0.1, -0.05) is 48.5 Å². The predicted molar refractivity (Wildman–Crippen MR) is 188 cm³/mol. The van der Waals surface area contributed by atoms with Crippen molar-refractivity contribution in [1.29, 1.82) is 0 Å². The summed E-state index contributed by atoms with van der Waals surface area (Å²) in [6, 6.07) is 29.6. The van der Waals surface area contributed by atoms with Crippen LogP contribution in [0.3, 0.4) is 0 Å². The van der Waals surface area contributed by atoms with Crippen LogP contribution in [-0.2, 0) is 10.1 Å². The van der Waals surface area contributed by atoms with Gasteiger partial charge in [-0.2, -0.15) is 33.6 Å². The third kappa shape index (κ3) is 7.32. The van der Waals surface area contributed by atoms with E-state index in [4.69, 9.17) is 5.73 Å². The van der Waals surface area contributed by atoms with Crippen molar-refractivity contribution in [2.75, 3.05) is 22.5 Å². The molecule has 0 radical (unpaired) electrons. The number of fused-ring (bicyclic) bond motifs is 1. The summed E-state index contributed by atoms with van der Waals surface area (Å²) < 4.78 is 34.8. The molecule has 0 saturated carbocycles. The van der Waals surface area contributed by atoms with E-state index in [1.54, 1.807) is 55.5 Å². The molecule has 1 aromatic heterocycles. The Kier molecular flexibility index (Phi) is 9.19. The van der Waals surface area contributed by atoms with Crippen molar-refractivity contribution in [3.8, 4) is 5.75 Å². The first-order valence-electron chi connectivity index (χ1n) is 15.0. The zero-order valence-corrected chi connectivity index (χ0v) is 27.1. The number of aryl methyl sites for hydroxylation is 1. The third-order valence-electron chi connectivity index (χ3n) is 7.27. The Hall–Kier alpha value is -6.32. The molecule has 5 aromatic carbocycles. The van der Waals surface area contributed by atoms with Gasteiger partial charge in [-0.25, -0.2) is 0 Å². The van der Waals surface area contributed by atoms with Crippen LogP contribution in [-0.4, -0.2) is 39.6 Å². The molecule has 0 spiro atoms. The Morgan fingerprint density at radius 2 is 1.51 bits per heavy atom. The summed E-state index contributed by atoms with van der Waals surface area (Å²) >= 11 is 0. The van der Waals surface area contributed by atoms with Gasteiger partial charge in [-0.15, -0.1) is 10.2 Å². The minimum Gasteiger partial charge on any atom is -0.505 e. The van der Waals surface area contributed by atoms with Crippen LogP contribution in [0.2, 0.25) is 0 Å². The second-order valence-electron chi connectivity index (χ2n) is 10.6. The second-order valence-corrected chi connectivity index (χ2v) is 12.0. The molecule has 0 fully saturated rings. The number of nitrogens with zero attached hydrogens (tertiary/aromatic N) is 8. The number of para-hydroxylation sites is 1. The fourth-order valence-electron chi connectivity index (χ4n) is 5.02. The van der Waals surface area contributed by atoms with E-state index >= 15 is 0 Å². The quantitative estimate of drug-likeness (QED) is 0.0618. The van der Waals surface area contributed by atoms with Gasteiger partial charge in [-0.3, -0.25) is 4.55 Å². The van der Waals surface area contributed by atoms with Gasteiger partial charge in [0.1, 0.15) is 22.1 Å². The molecule has 49 heavy (non-hydrogen) atoms. The maximum Gasteiger partial charge on any atom is 0.296 e. The molecule has 15 heteroatoms. The van der Waals surface area contributed by atoms with E-state index in [2.05, 4.69) is 40.7 Å². The van der Waals surface area contributed by atoms with Crippen LogP contribution >= 0.6 is 0 Å². The van der Waals surface area contributed by atoms with Crippen LogP contribution in [0.1, 0.15) is 12.7 Å². The molecule has 0 saturated heterocycles. The monoisotopic (exact) mass is 674 g/mol. The first-order valence-corrected chi connectivity index (χ1v) is 16.4. The van der Waals surface area contributed by atoms with E-state index in [9.17, 15) is 18.1 Å². The van der Waals surface area contributed by atoms with Crippen molar-refractivity contribution < 1.29 is 18.1 Å². The van der Waals surface area contributed by atoms with Gasteiger partial charge in [-0.05, 0) is 73.8 Å². The number of nitrogen functional groups attached to an aromatic ring is 1. The zero-order valence-electron chi connectivity index (χ0n) is 26.3. The Morgan fingerprint density at radius 1 is 0.816 bits per heavy atom. The van der Waals surface area contributed by atoms with Gasteiger partial charge >= 0.3 is 0 Å². The van der Waals surface area contributed by atoms with Crippen molar-refractivity contribution in [1.82, 2.24) is 15.0 Å². The van der Waals surface area contributed by atoms with Gasteiger partial charge in [0.05, 0.1) is 22.4 Å². The van der Waals surface area contributed by atoms with Crippen molar-refractivity contribution >= 4 is 72.6 Å². The molecule has 0 aliphatic heterocycles. The van der Waals surface area contributed by atoms with E-state index in [0.717, 1.165) is 11.8 Å². The molecule has 246 valence electrons. The van der Waals surface area contributed by atoms with Gasteiger partial charge in [0.15, 0.2) is 5.75 Å². The summed E-state index contributed by atoms with van der Waals surface area (Å²) in [5.41, 5.74) is 8.47. The highest BCUT2D eigenvalue weighted by atomic mass is 32.2. The standard InChI is InChI=1S/C34H30N10O4S/c1-3-44(26-15-8-5-9-16-26)34-37-21(2)36-33(39-34)38-24-13-10-14-25(20-24)41-43-31-28(49(46,47)48)19-22-17-18-27(30(35)29(22)32(31)45)42-40-23-11-6-4-7-12-23/h4-20,45H,3,35H2,1-2H3,(H,46,47,48)(H,36,37,38,39). The Balaban J connectivity index is 1.33. The number of aromatic hydroxyl groups is 1. The molecular formula is C34H30N10O4S. The first kappa shape index (κ1) is 32.6. The van der Waals surface area contributed by atoms with Gasteiger partial charge in [0, 0.05) is 17.9 Å². The molecule has 1 heterocycles. The number of azo groups is 2. The summed E-state index contributed by atoms with van der Waals surface area (Å²) in [4.78, 5) is 14.8. The SMILES string of the molecule is CCN(c1ccccc1)c1nc(C)nc(Nc2cccc(N=Nc3c(S(=O)(=O)O)cc4ccc(N=Nc5ccccc5)c(N)c4c3O)c2)n1. The zero-order chi connectivity index (χ0) is 34.5. The topological polar surface area (TPSA) is 204 Å². The Labute approximate surface area is 281 Å². The molecule has 6 rings (SSSR count). The molecule has 14 nitrogen and oxygen atoms in total. The summed E-state index contributed by atoms with van der Waals surface area (Å²) in [5, 5.41) is 31.3. The maximum absolute atomic E-state index is 12.4. The van der Waals surface area contributed by atoms with Crippen molar-refractivity contribution in [2.24, 2.45) is 20.5 Å². The summed E-state index contributed by atoms with van der Waals surface area (Å²) in [5.74, 6) is 0.659. The van der Waals surface area contributed by atoms with Crippen molar-refractivity contribution in [3.63, 3.8) is 0 Å². The van der Waals surface area contributed by atoms with Crippen LogP contribution in [0.4, 0.5) is 51.7 Å². The molecule has 0 aliphatic rings. The molecule has 6 aromatic rings. The number of aromatic nitrogens is 3. The molecule has 0 amide bonds. The van der Waals surface area contributed by atoms with Crippen LogP contribution in [0, 0.1) is 6.92 Å². The fraction of sp³-hybridized carbons (Fsp3) is 0.0882. The number of anilines is 5. The van der Waals surface area contributed by atoms with Crippen LogP contribution in [0.15, 0.2) is 128 Å². The maximum atomic E-state index is 12.4. The summed E-state index contributed by atoms with van der Waals surface area (Å²) in [6.45, 7) is 4.39. The van der Waals surface area contributed by atoms with Gasteiger partial charge in [0.2, 0.25) is 11.9 Å². The lowest BCUT2D eigenvalue weighted by Gasteiger charge is -2.21. The molecule has 0 aliphatic carbocycles. The Bertz CT molecular complexity index is 2320. The molecular weight excluding hydrogens is 645 g/mol. The largest absolute Gasteiger partial charge is 0.505 e. The number of phenols is 1. The van der Waals surface area contributed by atoms with Crippen molar-refractivity contribution in [3.05, 3.63) is 109 Å². The molecule has 0 bridgehead atoms. The van der Waals surface area contributed by atoms with E-state index in [0.29, 0.717) is 35.6 Å². The highest BCUT2D eigenvalue weighted by Gasteiger charge is 2.24. The lowest BCUT2D eigenvalue weighted by atomic mass is 10.1. The number of nitrogens with one attached hydrogen (secondary N) is 1. The predicted octanol–water partition coefficient (Wildman–Crippen LogP) is 8.60. The normalized spacial score (nSPS) is 11.8. The molecule has 0 atom stereocenters. The third-order valence-corrected chi connectivity index (χ3v) is 8.14. The minimum atomic E-state index is -4.84. The first-order chi connectivity index (χ1) is 23.6. The molecule has 5 N–H and O–H groups in total. The van der Waals surface area contributed by atoms with E-state index in [-0.39, 0.29) is 27.8 Å². The number of hydrogen-bond acceptors (Lipinski definition) is 13. The van der Waals surface area contributed by atoms with E-state index in [1.807, 2.05) is 48.2 Å². The highest BCUT2D eigenvalue weighted by Crippen LogP contribution is 2.46. The van der Waals surface area contributed by atoms with Crippen LogP contribution < -0.4 is 16.0 Å². The fourth-order valence-corrected chi connectivity index (χ4v) is 5.67. The summed E-state index contributed by atoms with van der Waals surface area (Å²) in [7, 11) is -4.84. The second kappa shape index (κ2) is 13.8. The lowest BCUT2D eigenvalue weighted by Crippen LogP contribution is -2.20. The number of rotatable bonds is 10. The minimum absolute atomic E-state index is 0.0279. The average molecular weight is 675 g/mol. The van der Waals surface area contributed by atoms with Crippen LogP contribution in [0.25, 0.3) is 10.8 Å². The van der Waals surface area contributed by atoms with E-state index < -0.39 is 26.5 Å². The molecule has 0 unspecified atom stereocenters. The highest BCUT2D eigenvalue weighted by molar-refractivity contribution is 7.86. The Morgan fingerprint density at radius 3 is 2.22 bits per heavy atom. The van der Waals surface area contributed by atoms with Gasteiger partial charge < -0.3 is 21.1 Å². The summed E-state index contributed by atoms with van der Waals surface area (Å²) in [6.07, 6.45) is 0. The number of benzene rings is 5. The number of phenolic OH excluding ortho intramolecular Hbond substituents is 1. The van der Waals surface area contributed by atoms with Crippen LogP contribution in [0.5, 0.6) is 5.75 Å². The number of nitrogens with two attached hydrogens (primary N) is 1. The number of hydrogen-bond donors (Lipinski definition) is 4. The van der Waals surface area contributed by atoms with Crippen molar-refractivity contribution in [2.45, 2.75) is 18.7 Å². The van der Waals surface area contributed by atoms with E-state index in [1.165, 1.54) is 12.1 Å².